The summed E-state index contributed by atoms with van der Waals surface area (Å²) in [6, 6.07) is 5.99. The van der Waals surface area contributed by atoms with E-state index in [1.54, 1.807) is 6.07 Å². The van der Waals surface area contributed by atoms with E-state index in [0.717, 1.165) is 24.9 Å². The highest BCUT2D eigenvalue weighted by Crippen LogP contribution is 2.26. The Hall–Kier alpha value is -0.500. The van der Waals surface area contributed by atoms with E-state index in [0.29, 0.717) is 10.0 Å². The van der Waals surface area contributed by atoms with Gasteiger partial charge in [-0.3, -0.25) is 0 Å². The van der Waals surface area contributed by atoms with Crippen molar-refractivity contribution >= 4 is 23.2 Å². The smallest absolute Gasteiger partial charge is 0.0424 e. The lowest BCUT2D eigenvalue weighted by molar-refractivity contribution is 0.515. The summed E-state index contributed by atoms with van der Waals surface area (Å²) in [5, 5.41) is 4.82. The fourth-order valence-corrected chi connectivity index (χ4v) is 2.34. The topological polar surface area (TPSA) is 12.0 Å². The molecule has 1 aromatic rings. The van der Waals surface area contributed by atoms with Crippen molar-refractivity contribution in [2.75, 3.05) is 6.54 Å². The summed E-state index contributed by atoms with van der Waals surface area (Å²) >= 11 is 12.1. The predicted octanol–water partition coefficient (Wildman–Crippen LogP) is 5.00. The lowest BCUT2D eigenvalue weighted by Crippen LogP contribution is -2.20. The SMILES string of the molecule is C=C(C)CCC(NCC)c1cc(Cl)cc(Cl)c1. The number of nitrogens with one attached hydrogen (secondary N) is 1. The zero-order valence-corrected chi connectivity index (χ0v) is 11.9. The monoisotopic (exact) mass is 271 g/mol. The number of hydrogen-bond donors (Lipinski definition) is 1. The van der Waals surface area contributed by atoms with Gasteiger partial charge in [-0.1, -0.05) is 35.7 Å². The zero-order chi connectivity index (χ0) is 12.8. The largest absolute Gasteiger partial charge is 0.310 e. The van der Waals surface area contributed by atoms with Gasteiger partial charge in [0.1, 0.15) is 0 Å². The molecule has 0 fully saturated rings. The Morgan fingerprint density at radius 1 is 1.29 bits per heavy atom. The van der Waals surface area contributed by atoms with Crippen LogP contribution in [0.2, 0.25) is 10.0 Å². The van der Waals surface area contributed by atoms with Crippen LogP contribution >= 0.6 is 23.2 Å². The second-order valence-electron chi connectivity index (χ2n) is 4.31. The molecule has 0 aliphatic rings. The van der Waals surface area contributed by atoms with Crippen LogP contribution in [0.5, 0.6) is 0 Å². The Bertz CT molecular complexity index is 368. The van der Waals surface area contributed by atoms with Gasteiger partial charge >= 0.3 is 0 Å². The van der Waals surface area contributed by atoms with Crippen LogP contribution in [0.3, 0.4) is 0 Å². The molecule has 1 N–H and O–H groups in total. The van der Waals surface area contributed by atoms with E-state index in [4.69, 9.17) is 23.2 Å². The minimum Gasteiger partial charge on any atom is -0.310 e. The quantitative estimate of drug-likeness (QED) is 0.718. The van der Waals surface area contributed by atoms with E-state index in [-0.39, 0.29) is 6.04 Å². The third kappa shape index (κ3) is 5.12. The van der Waals surface area contributed by atoms with Crippen molar-refractivity contribution < 1.29 is 0 Å². The van der Waals surface area contributed by atoms with Crippen LogP contribution in [0.4, 0.5) is 0 Å². The van der Waals surface area contributed by atoms with Crippen LogP contribution in [0.25, 0.3) is 0 Å². The molecule has 1 nitrogen and oxygen atoms in total. The van der Waals surface area contributed by atoms with E-state index < -0.39 is 0 Å². The molecule has 0 aromatic heterocycles. The standard InChI is InChI=1S/C14H19Cl2N/c1-4-17-14(6-5-10(2)3)11-7-12(15)9-13(16)8-11/h7-9,14,17H,2,4-6H2,1,3H3. The van der Waals surface area contributed by atoms with Gasteiger partial charge < -0.3 is 5.32 Å². The van der Waals surface area contributed by atoms with Crippen LogP contribution in [-0.2, 0) is 0 Å². The van der Waals surface area contributed by atoms with E-state index in [1.807, 2.05) is 19.1 Å². The molecule has 1 rings (SSSR count). The van der Waals surface area contributed by atoms with Crippen LogP contribution in [0.15, 0.2) is 30.4 Å². The van der Waals surface area contributed by atoms with Crippen LogP contribution < -0.4 is 5.32 Å². The molecule has 0 aliphatic carbocycles. The summed E-state index contributed by atoms with van der Waals surface area (Å²) in [6.07, 6.45) is 2.02. The summed E-state index contributed by atoms with van der Waals surface area (Å²) in [6.45, 7) is 9.00. The average Bonchev–Trinajstić information content (AvgIpc) is 2.22. The van der Waals surface area contributed by atoms with Crippen molar-refractivity contribution in [2.45, 2.75) is 32.7 Å². The van der Waals surface area contributed by atoms with Crippen molar-refractivity contribution in [1.82, 2.24) is 5.32 Å². The molecule has 1 atom stereocenters. The number of hydrogen-bond acceptors (Lipinski definition) is 1. The molecule has 0 saturated heterocycles. The molecule has 17 heavy (non-hydrogen) atoms. The third-order valence-electron chi connectivity index (χ3n) is 2.60. The molecule has 1 aromatic carbocycles. The molecule has 0 amide bonds. The van der Waals surface area contributed by atoms with Gasteiger partial charge in [-0.25, -0.2) is 0 Å². The number of allylic oxidation sites excluding steroid dienone is 1. The fraction of sp³-hybridized carbons (Fsp3) is 0.429. The average molecular weight is 272 g/mol. The van der Waals surface area contributed by atoms with Gasteiger partial charge in [-0.15, -0.1) is 6.58 Å². The lowest BCUT2D eigenvalue weighted by atomic mass is 10.00. The first-order valence-corrected chi connectivity index (χ1v) is 6.62. The Morgan fingerprint density at radius 3 is 2.35 bits per heavy atom. The maximum atomic E-state index is 6.03. The van der Waals surface area contributed by atoms with Gasteiger partial charge in [-0.2, -0.15) is 0 Å². The highest BCUT2D eigenvalue weighted by atomic mass is 35.5. The Morgan fingerprint density at radius 2 is 1.88 bits per heavy atom. The van der Waals surface area contributed by atoms with Gasteiger partial charge in [0.2, 0.25) is 0 Å². The number of rotatable bonds is 6. The highest BCUT2D eigenvalue weighted by Gasteiger charge is 2.11. The first-order chi connectivity index (χ1) is 8.02. The van der Waals surface area contributed by atoms with E-state index in [2.05, 4.69) is 18.8 Å². The van der Waals surface area contributed by atoms with Gasteiger partial charge in [0.05, 0.1) is 0 Å². The zero-order valence-electron chi connectivity index (χ0n) is 10.4. The minimum atomic E-state index is 0.285. The van der Waals surface area contributed by atoms with Crippen molar-refractivity contribution in [1.29, 1.82) is 0 Å². The van der Waals surface area contributed by atoms with E-state index in [1.165, 1.54) is 5.57 Å². The summed E-state index contributed by atoms with van der Waals surface area (Å²) < 4.78 is 0. The molecule has 0 aliphatic heterocycles. The van der Waals surface area contributed by atoms with Crippen LogP contribution in [0, 0.1) is 0 Å². The Labute approximate surface area is 114 Å². The summed E-state index contributed by atoms with van der Waals surface area (Å²) in [5.74, 6) is 0. The predicted molar refractivity (Wildman–Crippen MR) is 76.9 cm³/mol. The first-order valence-electron chi connectivity index (χ1n) is 5.86. The summed E-state index contributed by atoms with van der Waals surface area (Å²) in [7, 11) is 0. The van der Waals surface area contributed by atoms with Crippen molar-refractivity contribution in [2.24, 2.45) is 0 Å². The second-order valence-corrected chi connectivity index (χ2v) is 5.18. The molecule has 0 saturated carbocycles. The molecule has 0 spiro atoms. The molecule has 0 heterocycles. The normalized spacial score (nSPS) is 12.5. The lowest BCUT2D eigenvalue weighted by Gasteiger charge is -2.19. The van der Waals surface area contributed by atoms with Gasteiger partial charge in [0, 0.05) is 16.1 Å². The third-order valence-corrected chi connectivity index (χ3v) is 3.03. The van der Waals surface area contributed by atoms with Gasteiger partial charge in [0.25, 0.3) is 0 Å². The molecular formula is C14H19Cl2N. The van der Waals surface area contributed by atoms with Crippen LogP contribution in [0.1, 0.15) is 38.3 Å². The van der Waals surface area contributed by atoms with Crippen molar-refractivity contribution in [3.05, 3.63) is 46.0 Å². The molecule has 3 heteroatoms. The van der Waals surface area contributed by atoms with E-state index in [9.17, 15) is 0 Å². The summed E-state index contributed by atoms with van der Waals surface area (Å²) in [4.78, 5) is 0. The van der Waals surface area contributed by atoms with E-state index >= 15 is 0 Å². The maximum absolute atomic E-state index is 6.03. The Balaban J connectivity index is 2.84. The maximum Gasteiger partial charge on any atom is 0.0424 e. The molecule has 1 unspecified atom stereocenters. The molecular weight excluding hydrogens is 253 g/mol. The number of benzene rings is 1. The minimum absolute atomic E-state index is 0.285. The van der Waals surface area contributed by atoms with Gasteiger partial charge in [-0.05, 0) is 50.1 Å². The second kappa shape index (κ2) is 7.05. The summed E-state index contributed by atoms with van der Waals surface area (Å²) in [5.41, 5.74) is 2.34. The molecule has 94 valence electrons. The first kappa shape index (κ1) is 14.6. The van der Waals surface area contributed by atoms with Crippen LogP contribution in [-0.4, -0.2) is 6.54 Å². The van der Waals surface area contributed by atoms with Crippen molar-refractivity contribution in [3.63, 3.8) is 0 Å². The molecule has 0 radical (unpaired) electrons. The van der Waals surface area contributed by atoms with Crippen molar-refractivity contribution in [3.8, 4) is 0 Å². The fourth-order valence-electron chi connectivity index (χ4n) is 1.80. The van der Waals surface area contributed by atoms with Gasteiger partial charge in [0.15, 0.2) is 0 Å². The Kier molecular flexibility index (Phi) is 6.04. The number of halogens is 2. The highest BCUT2D eigenvalue weighted by molar-refractivity contribution is 6.34. The molecule has 0 bridgehead atoms.